The van der Waals surface area contributed by atoms with Crippen molar-refractivity contribution in [2.75, 3.05) is 0 Å². The number of thioether (sulfide) groups is 1. The number of fused-ring (bicyclic) bond motifs is 1. The first-order valence-corrected chi connectivity index (χ1v) is 12.0. The Labute approximate surface area is 207 Å². The number of hydrogen-bond acceptors (Lipinski definition) is 4. The summed E-state index contributed by atoms with van der Waals surface area (Å²) in [5, 5.41) is 16.6. The molecule has 0 saturated heterocycles. The van der Waals surface area contributed by atoms with E-state index in [1.54, 1.807) is 6.08 Å². The Morgan fingerprint density at radius 2 is 1.79 bits per heavy atom. The third-order valence-corrected chi connectivity index (χ3v) is 7.02. The number of aromatic nitrogens is 1. The van der Waals surface area contributed by atoms with Crippen molar-refractivity contribution in [3.8, 4) is 0 Å². The number of halogens is 1. The van der Waals surface area contributed by atoms with Crippen LogP contribution >= 0.6 is 23.4 Å². The van der Waals surface area contributed by atoms with E-state index in [0.29, 0.717) is 16.6 Å². The van der Waals surface area contributed by atoms with Crippen LogP contribution in [0.4, 0.5) is 0 Å². The van der Waals surface area contributed by atoms with Gasteiger partial charge in [-0.15, -0.1) is 0 Å². The van der Waals surface area contributed by atoms with Crippen molar-refractivity contribution in [2.24, 2.45) is 10.1 Å². The number of carbonyl (C=O) groups excluding carboxylic acids is 1. The first-order chi connectivity index (χ1) is 16.4. The minimum Gasteiger partial charge on any atom is -0.344 e. The van der Waals surface area contributed by atoms with E-state index >= 15 is 0 Å². The maximum Gasteiger partial charge on any atom is 0.283 e. The number of nitrogens with one attached hydrogen (secondary N) is 1. The normalized spacial score (nSPS) is 16.7. The predicted octanol–water partition coefficient (Wildman–Crippen LogP) is 5.67. The maximum atomic E-state index is 12.8. The molecule has 3 aromatic rings. The molecule has 1 N–H and O–H groups in total. The quantitative estimate of drug-likeness (QED) is 0.471. The van der Waals surface area contributed by atoms with E-state index in [1.807, 2.05) is 62.4 Å². The fourth-order valence-corrected chi connectivity index (χ4v) is 5.06. The topological polar surface area (TPSA) is 73.8 Å². The van der Waals surface area contributed by atoms with Crippen molar-refractivity contribution >= 4 is 51.4 Å². The van der Waals surface area contributed by atoms with Gasteiger partial charge >= 0.3 is 0 Å². The van der Waals surface area contributed by atoms with Gasteiger partial charge in [0.25, 0.3) is 5.91 Å². The fraction of sp³-hybridized carbons (Fsp3) is 0.154. The van der Waals surface area contributed by atoms with Crippen LogP contribution < -0.4 is 0 Å². The number of aryl methyl sites for hydroxylation is 1. The van der Waals surface area contributed by atoms with E-state index < -0.39 is 5.91 Å². The molecular formula is C26H22ClN5OS. The fourth-order valence-electron chi connectivity index (χ4n) is 4.02. The number of nitrogens with zero attached hydrogens (tertiary/aromatic N) is 4. The molecule has 3 heterocycles. The third-order valence-electron chi connectivity index (χ3n) is 5.86. The van der Waals surface area contributed by atoms with Gasteiger partial charge in [-0.1, -0.05) is 54.1 Å². The molecule has 5 rings (SSSR count). The van der Waals surface area contributed by atoms with Crippen molar-refractivity contribution in [1.29, 1.82) is 5.41 Å². The van der Waals surface area contributed by atoms with E-state index in [9.17, 15) is 4.79 Å². The van der Waals surface area contributed by atoms with Crippen LogP contribution in [-0.2, 0) is 17.8 Å². The summed E-state index contributed by atoms with van der Waals surface area (Å²) in [5.74, 6) is -0.374. The molecule has 0 unspecified atom stereocenters. The second-order valence-corrected chi connectivity index (χ2v) is 9.69. The first-order valence-electron chi connectivity index (χ1n) is 10.8. The highest BCUT2D eigenvalue weighted by Gasteiger charge is 2.35. The monoisotopic (exact) mass is 487 g/mol. The SMILES string of the molecule is Cc1cc(/C=C2\C(=N)N3N=C(Cc4ccc(Cl)cc4)SC3=NC2=O)c(C)n1Cc1ccccc1. The molecule has 0 aliphatic carbocycles. The van der Waals surface area contributed by atoms with E-state index in [-0.39, 0.29) is 11.4 Å². The summed E-state index contributed by atoms with van der Waals surface area (Å²) >= 11 is 7.29. The Kier molecular flexibility index (Phi) is 5.98. The van der Waals surface area contributed by atoms with Crippen molar-refractivity contribution in [2.45, 2.75) is 26.8 Å². The summed E-state index contributed by atoms with van der Waals surface area (Å²) in [7, 11) is 0. The largest absolute Gasteiger partial charge is 0.344 e. The summed E-state index contributed by atoms with van der Waals surface area (Å²) in [5.41, 5.74) is 5.52. The summed E-state index contributed by atoms with van der Waals surface area (Å²) in [6.45, 7) is 4.82. The van der Waals surface area contributed by atoms with Crippen molar-refractivity contribution in [1.82, 2.24) is 9.58 Å². The molecule has 0 atom stereocenters. The van der Waals surface area contributed by atoms with Crippen LogP contribution in [0.25, 0.3) is 6.08 Å². The number of aliphatic imine (C=N–C) groups is 1. The molecule has 2 aliphatic heterocycles. The van der Waals surface area contributed by atoms with Gasteiger partial charge in [-0.25, -0.2) is 0 Å². The lowest BCUT2D eigenvalue weighted by Gasteiger charge is -2.20. The van der Waals surface area contributed by atoms with Crippen LogP contribution in [0.3, 0.4) is 0 Å². The number of hydrogen-bond donors (Lipinski definition) is 1. The summed E-state index contributed by atoms with van der Waals surface area (Å²) in [6, 6.07) is 19.8. The average Bonchev–Trinajstić information content (AvgIpc) is 3.34. The Morgan fingerprint density at radius 1 is 1.06 bits per heavy atom. The zero-order valence-electron chi connectivity index (χ0n) is 18.7. The summed E-state index contributed by atoms with van der Waals surface area (Å²) in [4.78, 5) is 17.1. The minimum atomic E-state index is -0.417. The predicted molar refractivity (Wildman–Crippen MR) is 140 cm³/mol. The van der Waals surface area contributed by atoms with Crippen LogP contribution in [0.15, 0.2) is 76.3 Å². The number of benzene rings is 2. The second kappa shape index (κ2) is 9.08. The summed E-state index contributed by atoms with van der Waals surface area (Å²) < 4.78 is 2.21. The van der Waals surface area contributed by atoms with Gasteiger partial charge < -0.3 is 4.57 Å². The van der Waals surface area contributed by atoms with Gasteiger partial charge in [-0.05, 0) is 66.6 Å². The first kappa shape index (κ1) is 22.4. The van der Waals surface area contributed by atoms with Gasteiger partial charge in [-0.2, -0.15) is 15.1 Å². The van der Waals surface area contributed by atoms with Gasteiger partial charge in [0.15, 0.2) is 5.84 Å². The van der Waals surface area contributed by atoms with E-state index in [0.717, 1.165) is 34.1 Å². The molecule has 34 heavy (non-hydrogen) atoms. The molecule has 2 aliphatic rings. The molecule has 170 valence electrons. The van der Waals surface area contributed by atoms with Crippen LogP contribution in [0.1, 0.15) is 28.1 Å². The van der Waals surface area contributed by atoms with Crippen LogP contribution in [0, 0.1) is 19.3 Å². The van der Waals surface area contributed by atoms with E-state index in [2.05, 4.69) is 26.8 Å². The zero-order chi connectivity index (χ0) is 23.8. The molecule has 6 nitrogen and oxygen atoms in total. The lowest BCUT2D eigenvalue weighted by atomic mass is 10.1. The third kappa shape index (κ3) is 4.36. The maximum absolute atomic E-state index is 12.8. The molecule has 2 aromatic carbocycles. The molecular weight excluding hydrogens is 466 g/mol. The van der Waals surface area contributed by atoms with Gasteiger partial charge in [0.1, 0.15) is 5.04 Å². The number of rotatable bonds is 5. The molecule has 0 radical (unpaired) electrons. The average molecular weight is 488 g/mol. The number of carbonyl (C=O) groups is 1. The standard InChI is InChI=1S/C26H22ClN5OS/c1-16-12-20(17(2)31(16)15-19-6-4-3-5-7-19)14-22-24(28)32-26(29-25(22)33)34-23(30-32)13-18-8-10-21(27)11-9-18/h3-12,14,28H,13,15H2,1-2H3/b22-14+,28-24?. The molecule has 1 aromatic heterocycles. The molecule has 0 saturated carbocycles. The van der Waals surface area contributed by atoms with Gasteiger partial charge in [0.2, 0.25) is 5.17 Å². The van der Waals surface area contributed by atoms with E-state index in [4.69, 9.17) is 17.0 Å². The van der Waals surface area contributed by atoms with Crippen LogP contribution in [0.5, 0.6) is 0 Å². The Hall–Kier alpha value is -3.42. The lowest BCUT2D eigenvalue weighted by molar-refractivity contribution is -0.114. The smallest absolute Gasteiger partial charge is 0.283 e. The molecule has 1 amide bonds. The van der Waals surface area contributed by atoms with Crippen molar-refractivity contribution in [3.05, 3.63) is 99.3 Å². The molecule has 0 bridgehead atoms. The van der Waals surface area contributed by atoms with Crippen molar-refractivity contribution in [3.63, 3.8) is 0 Å². The Bertz CT molecular complexity index is 1390. The Morgan fingerprint density at radius 3 is 2.53 bits per heavy atom. The van der Waals surface area contributed by atoms with Crippen molar-refractivity contribution < 1.29 is 4.79 Å². The molecule has 8 heteroatoms. The minimum absolute atomic E-state index is 0.0430. The molecule has 0 fully saturated rings. The second-order valence-electron chi connectivity index (χ2n) is 8.22. The van der Waals surface area contributed by atoms with Crippen LogP contribution in [0.2, 0.25) is 5.02 Å². The number of amidine groups is 2. The van der Waals surface area contributed by atoms with E-state index in [1.165, 1.54) is 22.3 Å². The highest BCUT2D eigenvalue weighted by Crippen LogP contribution is 2.30. The van der Waals surface area contributed by atoms with Gasteiger partial charge in [0.05, 0.1) is 5.57 Å². The number of hydrazone groups is 1. The Balaban J connectivity index is 1.40. The van der Waals surface area contributed by atoms with Gasteiger partial charge in [0, 0.05) is 29.4 Å². The van der Waals surface area contributed by atoms with Gasteiger partial charge in [-0.3, -0.25) is 10.2 Å². The number of amides is 1. The highest BCUT2D eigenvalue weighted by atomic mass is 35.5. The highest BCUT2D eigenvalue weighted by molar-refractivity contribution is 8.26. The van der Waals surface area contributed by atoms with Crippen LogP contribution in [-0.4, -0.2) is 31.5 Å². The molecule has 0 spiro atoms. The lowest BCUT2D eigenvalue weighted by Crippen LogP contribution is -2.35. The zero-order valence-corrected chi connectivity index (χ0v) is 20.3. The summed E-state index contributed by atoms with van der Waals surface area (Å²) in [6.07, 6.45) is 2.34.